The van der Waals surface area contributed by atoms with Crippen molar-refractivity contribution in [1.82, 2.24) is 24.5 Å². The van der Waals surface area contributed by atoms with Crippen LogP contribution >= 0.6 is 0 Å². The molecular weight excluding hydrogens is 264 g/mol. The molecule has 3 rings (SSSR count). The maximum atomic E-state index is 4.52. The van der Waals surface area contributed by atoms with Crippen LogP contribution in [-0.4, -0.2) is 24.5 Å². The number of anilines is 1. The highest BCUT2D eigenvalue weighted by molar-refractivity contribution is 5.78. The lowest BCUT2D eigenvalue weighted by Gasteiger charge is -2.09. The SMILES string of the molecule is CCn1nccc1CNc1cnc2c(cnn2C(C)C)c1. The molecule has 0 saturated carbocycles. The molecule has 0 unspecified atom stereocenters. The van der Waals surface area contributed by atoms with Crippen molar-refractivity contribution >= 4 is 16.7 Å². The Balaban J connectivity index is 1.79. The molecule has 0 radical (unpaired) electrons. The second-order valence-electron chi connectivity index (χ2n) is 5.31. The molecule has 6 heteroatoms. The van der Waals surface area contributed by atoms with Crippen LogP contribution in [0.2, 0.25) is 0 Å². The monoisotopic (exact) mass is 284 g/mol. The van der Waals surface area contributed by atoms with Crippen LogP contribution in [0, 0.1) is 0 Å². The van der Waals surface area contributed by atoms with Crippen LogP contribution in [0.5, 0.6) is 0 Å². The van der Waals surface area contributed by atoms with E-state index in [2.05, 4.69) is 47.3 Å². The summed E-state index contributed by atoms with van der Waals surface area (Å²) in [7, 11) is 0. The summed E-state index contributed by atoms with van der Waals surface area (Å²) in [5.74, 6) is 0. The number of pyridine rings is 1. The number of aromatic nitrogens is 5. The maximum absolute atomic E-state index is 4.52. The molecule has 3 aromatic rings. The van der Waals surface area contributed by atoms with Crippen molar-refractivity contribution < 1.29 is 0 Å². The molecule has 3 heterocycles. The fourth-order valence-corrected chi connectivity index (χ4v) is 2.40. The lowest BCUT2D eigenvalue weighted by molar-refractivity contribution is 0.546. The van der Waals surface area contributed by atoms with Gasteiger partial charge in [-0.3, -0.25) is 4.68 Å². The summed E-state index contributed by atoms with van der Waals surface area (Å²) in [6, 6.07) is 4.42. The zero-order valence-electron chi connectivity index (χ0n) is 12.6. The van der Waals surface area contributed by atoms with E-state index in [0.717, 1.165) is 35.5 Å². The third kappa shape index (κ3) is 2.61. The lowest BCUT2D eigenvalue weighted by atomic mass is 10.3. The Morgan fingerprint density at radius 3 is 2.86 bits per heavy atom. The first-order valence-corrected chi connectivity index (χ1v) is 7.27. The van der Waals surface area contributed by atoms with Crippen molar-refractivity contribution in [3.63, 3.8) is 0 Å². The van der Waals surface area contributed by atoms with Crippen LogP contribution in [0.4, 0.5) is 5.69 Å². The average Bonchev–Trinajstić information content (AvgIpc) is 3.10. The molecule has 0 aromatic carbocycles. The molecule has 0 saturated heterocycles. The quantitative estimate of drug-likeness (QED) is 0.782. The lowest BCUT2D eigenvalue weighted by Crippen LogP contribution is -2.08. The minimum atomic E-state index is 0.313. The molecule has 3 aromatic heterocycles. The molecule has 0 atom stereocenters. The standard InChI is InChI=1S/C15H20N6/c1-4-20-14(5-6-18-20)10-16-13-7-12-8-19-21(11(2)3)15(12)17-9-13/h5-9,11,16H,4,10H2,1-3H3. The molecule has 0 aliphatic heterocycles. The van der Waals surface area contributed by atoms with Gasteiger partial charge in [-0.1, -0.05) is 0 Å². The molecular formula is C15H20N6. The van der Waals surface area contributed by atoms with E-state index in [4.69, 9.17) is 0 Å². The van der Waals surface area contributed by atoms with Gasteiger partial charge in [0.1, 0.15) is 0 Å². The first kappa shape index (κ1) is 13.6. The van der Waals surface area contributed by atoms with Crippen LogP contribution in [0.15, 0.2) is 30.7 Å². The van der Waals surface area contributed by atoms with Gasteiger partial charge in [-0.05, 0) is 32.9 Å². The second kappa shape index (κ2) is 5.55. The van der Waals surface area contributed by atoms with E-state index in [0.29, 0.717) is 6.04 Å². The van der Waals surface area contributed by atoms with Gasteiger partial charge >= 0.3 is 0 Å². The van der Waals surface area contributed by atoms with E-state index in [1.54, 1.807) is 0 Å². The number of nitrogens with zero attached hydrogens (tertiary/aromatic N) is 5. The molecule has 0 aliphatic rings. The third-order valence-corrected chi connectivity index (χ3v) is 3.50. The Labute approximate surface area is 123 Å². The van der Waals surface area contributed by atoms with Crippen LogP contribution < -0.4 is 5.32 Å². The molecule has 6 nitrogen and oxygen atoms in total. The smallest absolute Gasteiger partial charge is 0.158 e. The minimum absolute atomic E-state index is 0.313. The topological polar surface area (TPSA) is 60.6 Å². The predicted molar refractivity (Wildman–Crippen MR) is 83.1 cm³/mol. The summed E-state index contributed by atoms with van der Waals surface area (Å²) in [5, 5.41) is 13.1. The summed E-state index contributed by atoms with van der Waals surface area (Å²) in [5.41, 5.74) is 3.08. The van der Waals surface area contributed by atoms with Gasteiger partial charge in [0.25, 0.3) is 0 Å². The molecule has 0 spiro atoms. The van der Waals surface area contributed by atoms with Gasteiger partial charge < -0.3 is 5.32 Å². The van der Waals surface area contributed by atoms with Gasteiger partial charge in [-0.2, -0.15) is 10.2 Å². The van der Waals surface area contributed by atoms with Crippen LogP contribution in [0.1, 0.15) is 32.5 Å². The molecule has 0 amide bonds. The van der Waals surface area contributed by atoms with E-state index >= 15 is 0 Å². The second-order valence-corrected chi connectivity index (χ2v) is 5.31. The fraction of sp³-hybridized carbons (Fsp3) is 0.400. The van der Waals surface area contributed by atoms with Gasteiger partial charge in [0.2, 0.25) is 0 Å². The largest absolute Gasteiger partial charge is 0.378 e. The molecule has 1 N–H and O–H groups in total. The van der Waals surface area contributed by atoms with Gasteiger partial charge in [-0.25, -0.2) is 9.67 Å². The highest BCUT2D eigenvalue weighted by Crippen LogP contribution is 2.19. The summed E-state index contributed by atoms with van der Waals surface area (Å²) in [4.78, 5) is 4.52. The van der Waals surface area contributed by atoms with Gasteiger partial charge in [0, 0.05) is 24.2 Å². The van der Waals surface area contributed by atoms with Crippen molar-refractivity contribution in [3.05, 3.63) is 36.4 Å². The minimum Gasteiger partial charge on any atom is -0.378 e. The Morgan fingerprint density at radius 2 is 2.10 bits per heavy atom. The number of aryl methyl sites for hydroxylation is 1. The summed E-state index contributed by atoms with van der Waals surface area (Å²) >= 11 is 0. The van der Waals surface area contributed by atoms with Crippen molar-refractivity contribution in [3.8, 4) is 0 Å². The van der Waals surface area contributed by atoms with E-state index in [9.17, 15) is 0 Å². The zero-order chi connectivity index (χ0) is 14.8. The third-order valence-electron chi connectivity index (χ3n) is 3.50. The summed E-state index contributed by atoms with van der Waals surface area (Å²) in [6.07, 6.45) is 5.55. The molecule has 0 aliphatic carbocycles. The van der Waals surface area contributed by atoms with Crippen molar-refractivity contribution in [2.75, 3.05) is 5.32 Å². The van der Waals surface area contributed by atoms with E-state index < -0.39 is 0 Å². The van der Waals surface area contributed by atoms with Crippen molar-refractivity contribution in [2.24, 2.45) is 0 Å². The zero-order valence-corrected chi connectivity index (χ0v) is 12.6. The Bertz CT molecular complexity index is 740. The Kier molecular flexibility index (Phi) is 3.60. The van der Waals surface area contributed by atoms with E-state index in [1.807, 2.05) is 34.0 Å². The van der Waals surface area contributed by atoms with Gasteiger partial charge in [-0.15, -0.1) is 0 Å². The van der Waals surface area contributed by atoms with E-state index in [1.165, 1.54) is 0 Å². The normalized spacial score (nSPS) is 11.4. The Morgan fingerprint density at radius 1 is 1.24 bits per heavy atom. The van der Waals surface area contributed by atoms with Crippen molar-refractivity contribution in [1.29, 1.82) is 0 Å². The molecule has 110 valence electrons. The maximum Gasteiger partial charge on any atom is 0.158 e. The summed E-state index contributed by atoms with van der Waals surface area (Å²) < 4.78 is 3.92. The predicted octanol–water partition coefficient (Wildman–Crippen LogP) is 2.84. The van der Waals surface area contributed by atoms with Crippen LogP contribution in [0.3, 0.4) is 0 Å². The molecule has 21 heavy (non-hydrogen) atoms. The number of fused-ring (bicyclic) bond motifs is 1. The van der Waals surface area contributed by atoms with Gasteiger partial charge in [0.05, 0.1) is 30.3 Å². The fourth-order valence-electron chi connectivity index (χ4n) is 2.40. The highest BCUT2D eigenvalue weighted by Gasteiger charge is 2.08. The first-order valence-electron chi connectivity index (χ1n) is 7.27. The summed E-state index contributed by atoms with van der Waals surface area (Å²) in [6.45, 7) is 7.91. The highest BCUT2D eigenvalue weighted by atomic mass is 15.3. The molecule has 0 fully saturated rings. The van der Waals surface area contributed by atoms with Crippen LogP contribution in [-0.2, 0) is 13.1 Å². The molecule has 0 bridgehead atoms. The van der Waals surface area contributed by atoms with E-state index in [-0.39, 0.29) is 0 Å². The van der Waals surface area contributed by atoms with Crippen LogP contribution in [0.25, 0.3) is 11.0 Å². The van der Waals surface area contributed by atoms with Crippen molar-refractivity contribution in [2.45, 2.75) is 39.9 Å². The number of hydrogen-bond acceptors (Lipinski definition) is 4. The number of nitrogens with one attached hydrogen (secondary N) is 1. The number of rotatable bonds is 5. The van der Waals surface area contributed by atoms with Gasteiger partial charge in [0.15, 0.2) is 5.65 Å². The Hall–Kier alpha value is -2.37. The average molecular weight is 284 g/mol. The first-order chi connectivity index (χ1) is 10.2. The number of hydrogen-bond donors (Lipinski definition) is 1.